The van der Waals surface area contributed by atoms with Crippen LogP contribution >= 0.6 is 40.7 Å². The van der Waals surface area contributed by atoms with Crippen molar-refractivity contribution in [3.63, 3.8) is 0 Å². The number of benzene rings is 1. The Morgan fingerprint density at radius 3 is 1.62 bits per heavy atom. The van der Waals surface area contributed by atoms with Gasteiger partial charge in [0.25, 0.3) is 0 Å². The Hall–Kier alpha value is 0.320. The maximum absolute atomic E-state index is 3.85. The molecule has 0 aromatic heterocycles. The van der Waals surface area contributed by atoms with Gasteiger partial charge in [-0.3, -0.25) is 0 Å². The van der Waals surface area contributed by atoms with Crippen molar-refractivity contribution in [2.45, 2.75) is 5.75 Å². The van der Waals surface area contributed by atoms with Gasteiger partial charge in [0.15, 0.2) is 0 Å². The summed E-state index contributed by atoms with van der Waals surface area (Å²) in [5.41, 5.74) is 2.69. The van der Waals surface area contributed by atoms with Crippen molar-refractivity contribution >= 4 is 46.7 Å². The van der Waals surface area contributed by atoms with Gasteiger partial charge in [0.1, 0.15) is 0 Å². The highest BCUT2D eigenvalue weighted by atomic mass is 32.4. The number of hydrogen-bond donors (Lipinski definition) is 0. The quantitative estimate of drug-likeness (QED) is 0.432. The van der Waals surface area contributed by atoms with Crippen LogP contribution in [0.3, 0.4) is 0 Å². The highest BCUT2D eigenvalue weighted by Gasteiger charge is 2.35. The van der Waals surface area contributed by atoms with Gasteiger partial charge in [-0.25, -0.2) is 10.0 Å². The first kappa shape index (κ1) is 24.4. The molecule has 0 unspecified atom stereocenters. The average molecular weight is 438 g/mol. The van der Waals surface area contributed by atoms with E-state index >= 15 is 0 Å². The van der Waals surface area contributed by atoms with Crippen LogP contribution in [0.4, 0.5) is 0 Å². The molecule has 26 heavy (non-hydrogen) atoms. The SMILES string of the molecule is C=Cc1ccc(CS(C)(C)CCS(C)(C)N(S(C)(C)C)S(C)(C)C)cc1. The first-order chi connectivity index (χ1) is 11.6. The van der Waals surface area contributed by atoms with Gasteiger partial charge >= 0.3 is 0 Å². The first-order valence-electron chi connectivity index (χ1n) is 8.87. The van der Waals surface area contributed by atoms with E-state index in [1.54, 1.807) is 0 Å². The van der Waals surface area contributed by atoms with E-state index in [2.05, 4.69) is 96.5 Å². The highest BCUT2D eigenvalue weighted by molar-refractivity contribution is 8.56. The largest absolute Gasteiger partial charge is 0.242 e. The normalized spacial score (nSPS) is 16.4. The lowest BCUT2D eigenvalue weighted by molar-refractivity contribution is 1.15. The summed E-state index contributed by atoms with van der Waals surface area (Å²) < 4.78 is 2.96. The zero-order valence-electron chi connectivity index (χ0n) is 18.8. The summed E-state index contributed by atoms with van der Waals surface area (Å²) in [7, 11) is -2.80. The molecular formula is C21H43NS4. The lowest BCUT2D eigenvalue weighted by Gasteiger charge is -2.61. The van der Waals surface area contributed by atoms with E-state index in [9.17, 15) is 0 Å². The Bertz CT molecular complexity index is 578. The second-order valence-corrected chi connectivity index (χ2v) is 26.0. The molecule has 1 nitrogen and oxygen atoms in total. The zero-order valence-corrected chi connectivity index (χ0v) is 22.1. The second kappa shape index (κ2) is 8.77. The van der Waals surface area contributed by atoms with Crippen molar-refractivity contribution < 1.29 is 0 Å². The van der Waals surface area contributed by atoms with Crippen LogP contribution in [0.2, 0.25) is 0 Å². The number of nitrogens with zero attached hydrogens (tertiary/aromatic N) is 1. The standard InChI is InChI=1S/C21H43NS4/c1-12-20-13-15-21(16-14-20)19-25(8,9)17-18-26(10,11)22(23(2,3)4)24(5,6)7/h12-16H,1,17-19H2,2-11H3. The second-order valence-electron chi connectivity index (χ2n) is 9.51. The molecule has 1 aromatic rings. The Labute approximate surface area is 171 Å². The molecule has 0 aliphatic carbocycles. The van der Waals surface area contributed by atoms with Gasteiger partial charge in [-0.1, -0.05) is 36.9 Å². The zero-order chi connectivity index (χ0) is 20.4. The van der Waals surface area contributed by atoms with Crippen LogP contribution in [0, 0.1) is 0 Å². The third-order valence-corrected chi connectivity index (χ3v) is 18.5. The molecule has 0 aliphatic rings. The Morgan fingerprint density at radius 2 is 1.23 bits per heavy atom. The monoisotopic (exact) mass is 437 g/mol. The summed E-state index contributed by atoms with van der Waals surface area (Å²) in [6.45, 7) is 3.85. The van der Waals surface area contributed by atoms with E-state index in [-0.39, 0.29) is 0 Å². The first-order valence-corrected chi connectivity index (χ1v) is 19.9. The van der Waals surface area contributed by atoms with Crippen LogP contribution in [0.25, 0.3) is 6.08 Å². The van der Waals surface area contributed by atoms with Gasteiger partial charge in [-0.15, -0.1) is 0 Å². The van der Waals surface area contributed by atoms with Crippen LogP contribution in [0.1, 0.15) is 11.1 Å². The van der Waals surface area contributed by atoms with Crippen molar-refractivity contribution in [3.8, 4) is 0 Å². The molecule has 0 atom stereocenters. The molecule has 0 saturated carbocycles. The van der Waals surface area contributed by atoms with Crippen LogP contribution < -0.4 is 0 Å². The maximum atomic E-state index is 3.85. The fraction of sp³-hybridized carbons (Fsp3) is 0.619. The summed E-state index contributed by atoms with van der Waals surface area (Å²) in [6, 6.07) is 8.96. The molecule has 0 aliphatic heterocycles. The predicted molar refractivity (Wildman–Crippen MR) is 141 cm³/mol. The Morgan fingerprint density at radius 1 is 0.769 bits per heavy atom. The van der Waals surface area contributed by atoms with E-state index in [1.165, 1.54) is 28.4 Å². The molecule has 0 radical (unpaired) electrons. The van der Waals surface area contributed by atoms with Crippen molar-refractivity contribution in [3.05, 3.63) is 42.0 Å². The molecule has 0 fully saturated rings. The maximum Gasteiger partial charge on any atom is 0.00205 e. The van der Waals surface area contributed by atoms with E-state index in [1.807, 2.05) is 6.08 Å². The summed E-state index contributed by atoms with van der Waals surface area (Å²) >= 11 is 0. The fourth-order valence-electron chi connectivity index (χ4n) is 3.66. The minimum atomic E-state index is -0.759. The molecule has 1 aromatic carbocycles. The van der Waals surface area contributed by atoms with Gasteiger partial charge in [-0.2, -0.15) is 33.8 Å². The van der Waals surface area contributed by atoms with Gasteiger partial charge in [0.05, 0.1) is 0 Å². The van der Waals surface area contributed by atoms with Gasteiger partial charge in [0.2, 0.25) is 0 Å². The van der Waals surface area contributed by atoms with Gasteiger partial charge < -0.3 is 0 Å². The van der Waals surface area contributed by atoms with E-state index < -0.39 is 40.7 Å². The van der Waals surface area contributed by atoms with Gasteiger partial charge in [0, 0.05) is 5.75 Å². The molecule has 0 bridgehead atoms. The minimum absolute atomic E-state index is 0.625. The number of rotatable bonds is 9. The molecule has 0 amide bonds. The average Bonchev–Trinajstić information content (AvgIpc) is 2.42. The van der Waals surface area contributed by atoms with Crippen molar-refractivity contribution in [1.82, 2.24) is 3.12 Å². The Kier molecular flexibility index (Phi) is 8.22. The smallest absolute Gasteiger partial charge is 0.00205 e. The van der Waals surface area contributed by atoms with Crippen LogP contribution in [-0.2, 0) is 5.75 Å². The molecule has 0 heterocycles. The summed E-state index contributed by atoms with van der Waals surface area (Å²) in [6.07, 6.45) is 26.9. The lowest BCUT2D eigenvalue weighted by Crippen LogP contribution is -2.33. The van der Waals surface area contributed by atoms with Crippen molar-refractivity contribution in [2.24, 2.45) is 0 Å². The third kappa shape index (κ3) is 7.38. The third-order valence-electron chi connectivity index (χ3n) is 4.21. The molecule has 156 valence electrons. The molecule has 0 spiro atoms. The summed E-state index contributed by atoms with van der Waals surface area (Å²) in [5, 5.41) is 0. The van der Waals surface area contributed by atoms with Crippen LogP contribution in [0.15, 0.2) is 30.8 Å². The summed E-state index contributed by atoms with van der Waals surface area (Å²) in [4.78, 5) is 0. The van der Waals surface area contributed by atoms with E-state index in [4.69, 9.17) is 0 Å². The predicted octanol–water partition coefficient (Wildman–Crippen LogP) is 6.39. The molecule has 0 N–H and O–H groups in total. The summed E-state index contributed by atoms with van der Waals surface area (Å²) in [5.74, 6) is 3.94. The van der Waals surface area contributed by atoms with Gasteiger partial charge in [-0.05, 0) is 85.2 Å². The molecule has 0 saturated heterocycles. The fourth-order valence-corrected chi connectivity index (χ4v) is 24.0. The number of hydrogen-bond acceptors (Lipinski definition) is 1. The van der Waals surface area contributed by atoms with Crippen LogP contribution in [-0.4, -0.2) is 77.2 Å². The topological polar surface area (TPSA) is 3.24 Å². The molecule has 5 heteroatoms. The highest BCUT2D eigenvalue weighted by Crippen LogP contribution is 2.71. The van der Waals surface area contributed by atoms with Crippen molar-refractivity contribution in [1.29, 1.82) is 0 Å². The molecular weight excluding hydrogens is 395 g/mol. The molecule has 1 rings (SSSR count). The van der Waals surface area contributed by atoms with E-state index in [0.717, 1.165) is 0 Å². The lowest BCUT2D eigenvalue weighted by atomic mass is 10.1. The minimum Gasteiger partial charge on any atom is -0.242 e. The van der Waals surface area contributed by atoms with Crippen molar-refractivity contribution in [2.75, 3.05) is 74.1 Å². The van der Waals surface area contributed by atoms with Crippen LogP contribution in [0.5, 0.6) is 0 Å². The Balaban J connectivity index is 2.86. The van der Waals surface area contributed by atoms with E-state index in [0.29, 0.717) is 0 Å².